The molecule has 5 nitrogen and oxygen atoms in total. The molecule has 0 bridgehead atoms. The summed E-state index contributed by atoms with van der Waals surface area (Å²) in [5, 5.41) is 10.1. The first-order valence-corrected chi connectivity index (χ1v) is 7.97. The van der Waals surface area contributed by atoms with Crippen LogP contribution in [0.2, 0.25) is 0 Å². The van der Waals surface area contributed by atoms with Crippen molar-refractivity contribution in [3.63, 3.8) is 0 Å². The molecule has 2 rings (SSSR count). The van der Waals surface area contributed by atoms with E-state index < -0.39 is 12.1 Å². The maximum absolute atomic E-state index is 10.1. The van der Waals surface area contributed by atoms with Gasteiger partial charge in [0.2, 0.25) is 0 Å². The summed E-state index contributed by atoms with van der Waals surface area (Å²) in [6.07, 6.45) is -0.115. The highest BCUT2D eigenvalue weighted by molar-refractivity contribution is 5.85. The summed E-state index contributed by atoms with van der Waals surface area (Å²) in [6, 6.07) is 12.8. The highest BCUT2D eigenvalue weighted by atomic mass is 35.5. The number of benzene rings is 2. The molecule has 0 aromatic heterocycles. The van der Waals surface area contributed by atoms with Gasteiger partial charge in [-0.3, -0.25) is 0 Å². The smallest absolute Gasteiger partial charge is 0.164 e. The zero-order chi connectivity index (χ0) is 17.5. The number of hydrogen-bond donors (Lipinski definition) is 2. The first-order valence-electron chi connectivity index (χ1n) is 7.97. The van der Waals surface area contributed by atoms with Crippen molar-refractivity contribution in [2.45, 2.75) is 32.1 Å². The number of rotatable bonds is 8. The van der Waals surface area contributed by atoms with Gasteiger partial charge in [0.25, 0.3) is 0 Å². The molecule has 0 radical (unpaired) electrons. The van der Waals surface area contributed by atoms with Gasteiger partial charge in [-0.2, -0.15) is 0 Å². The standard InChI is InChI=1S/C19H25NO4.ClH/c1-4-15(21)19(20)14-10-17(22-2)18(23-3)11-16(14)24-12-13-8-6-5-7-9-13;/h5-11,15,19,21H,4,12,20H2,1-3H3;1H/t15-,19+;/m0./s1. The van der Waals surface area contributed by atoms with Crippen molar-refractivity contribution in [2.75, 3.05) is 14.2 Å². The molecule has 138 valence electrons. The Kier molecular flexibility index (Phi) is 8.55. The molecule has 6 heteroatoms. The van der Waals surface area contributed by atoms with Crippen LogP contribution < -0.4 is 19.9 Å². The molecule has 0 heterocycles. The zero-order valence-electron chi connectivity index (χ0n) is 14.8. The molecular weight excluding hydrogens is 342 g/mol. The molecule has 0 aliphatic heterocycles. The van der Waals surface area contributed by atoms with Crippen molar-refractivity contribution in [1.82, 2.24) is 0 Å². The first-order chi connectivity index (χ1) is 11.6. The Labute approximate surface area is 155 Å². The lowest BCUT2D eigenvalue weighted by Crippen LogP contribution is -2.26. The van der Waals surface area contributed by atoms with E-state index in [0.29, 0.717) is 35.8 Å². The largest absolute Gasteiger partial charge is 0.493 e. The van der Waals surface area contributed by atoms with E-state index in [9.17, 15) is 5.11 Å². The van der Waals surface area contributed by atoms with Gasteiger partial charge in [0.05, 0.1) is 26.4 Å². The van der Waals surface area contributed by atoms with E-state index in [-0.39, 0.29) is 12.4 Å². The average molecular weight is 368 g/mol. The van der Waals surface area contributed by atoms with Crippen LogP contribution in [0.25, 0.3) is 0 Å². The van der Waals surface area contributed by atoms with Crippen LogP contribution in [-0.2, 0) is 6.61 Å². The maximum Gasteiger partial charge on any atom is 0.164 e. The first kappa shape index (κ1) is 21.1. The molecular formula is C19H26ClNO4. The summed E-state index contributed by atoms with van der Waals surface area (Å²) in [5.74, 6) is 1.69. The normalized spacial score (nSPS) is 12.7. The minimum Gasteiger partial charge on any atom is -0.493 e. The molecule has 0 aliphatic carbocycles. The van der Waals surface area contributed by atoms with E-state index in [0.717, 1.165) is 5.56 Å². The second-order valence-corrected chi connectivity index (χ2v) is 5.52. The number of halogens is 1. The predicted octanol–water partition coefficient (Wildman–Crippen LogP) is 3.48. The van der Waals surface area contributed by atoms with Gasteiger partial charge in [0.1, 0.15) is 12.4 Å². The average Bonchev–Trinajstić information content (AvgIpc) is 2.65. The van der Waals surface area contributed by atoms with Crippen molar-refractivity contribution >= 4 is 12.4 Å². The lowest BCUT2D eigenvalue weighted by atomic mass is 9.99. The predicted molar refractivity (Wildman–Crippen MR) is 101 cm³/mol. The fraction of sp³-hybridized carbons (Fsp3) is 0.368. The van der Waals surface area contributed by atoms with Gasteiger partial charge in [-0.05, 0) is 18.1 Å². The molecule has 0 fully saturated rings. The number of aliphatic hydroxyl groups is 1. The van der Waals surface area contributed by atoms with E-state index in [4.69, 9.17) is 19.9 Å². The second-order valence-electron chi connectivity index (χ2n) is 5.52. The van der Waals surface area contributed by atoms with E-state index in [1.165, 1.54) is 0 Å². The van der Waals surface area contributed by atoms with Gasteiger partial charge < -0.3 is 25.1 Å². The molecule has 2 atom stereocenters. The summed E-state index contributed by atoms with van der Waals surface area (Å²) in [7, 11) is 3.13. The summed E-state index contributed by atoms with van der Waals surface area (Å²) < 4.78 is 16.6. The fourth-order valence-electron chi connectivity index (χ4n) is 2.46. The van der Waals surface area contributed by atoms with Crippen LogP contribution in [0.5, 0.6) is 17.2 Å². The molecule has 2 aromatic rings. The van der Waals surface area contributed by atoms with E-state index >= 15 is 0 Å². The molecule has 2 aromatic carbocycles. The van der Waals surface area contributed by atoms with Gasteiger partial charge in [0, 0.05) is 11.6 Å². The van der Waals surface area contributed by atoms with Crippen LogP contribution in [0.3, 0.4) is 0 Å². The Morgan fingerprint density at radius 3 is 2.16 bits per heavy atom. The highest BCUT2D eigenvalue weighted by Gasteiger charge is 2.22. The van der Waals surface area contributed by atoms with E-state index in [1.54, 1.807) is 26.4 Å². The molecule has 25 heavy (non-hydrogen) atoms. The number of hydrogen-bond acceptors (Lipinski definition) is 5. The lowest BCUT2D eigenvalue weighted by molar-refractivity contribution is 0.138. The van der Waals surface area contributed by atoms with Crippen LogP contribution in [0.4, 0.5) is 0 Å². The number of aliphatic hydroxyl groups excluding tert-OH is 1. The second kappa shape index (κ2) is 10.1. The van der Waals surface area contributed by atoms with Crippen molar-refractivity contribution in [1.29, 1.82) is 0 Å². The Morgan fingerprint density at radius 2 is 1.60 bits per heavy atom. The third kappa shape index (κ3) is 5.26. The van der Waals surface area contributed by atoms with Gasteiger partial charge >= 0.3 is 0 Å². The summed E-state index contributed by atoms with van der Waals surface area (Å²) in [6.45, 7) is 2.29. The summed E-state index contributed by atoms with van der Waals surface area (Å²) in [4.78, 5) is 0. The van der Waals surface area contributed by atoms with Crippen LogP contribution in [-0.4, -0.2) is 25.4 Å². The number of nitrogens with two attached hydrogens (primary N) is 1. The summed E-state index contributed by atoms with van der Waals surface area (Å²) in [5.41, 5.74) is 7.94. The number of ether oxygens (including phenoxy) is 3. The van der Waals surface area contributed by atoms with E-state index in [2.05, 4.69) is 0 Å². The minimum atomic E-state index is -0.665. The van der Waals surface area contributed by atoms with Gasteiger partial charge in [-0.15, -0.1) is 12.4 Å². The Balaban J connectivity index is 0.00000312. The molecule has 0 spiro atoms. The van der Waals surface area contributed by atoms with Crippen molar-refractivity contribution in [3.8, 4) is 17.2 Å². The monoisotopic (exact) mass is 367 g/mol. The lowest BCUT2D eigenvalue weighted by Gasteiger charge is -2.22. The molecule has 3 N–H and O–H groups in total. The molecule has 0 saturated carbocycles. The van der Waals surface area contributed by atoms with Crippen LogP contribution in [0.15, 0.2) is 42.5 Å². The number of methoxy groups -OCH3 is 2. The third-order valence-electron chi connectivity index (χ3n) is 3.95. The fourth-order valence-corrected chi connectivity index (χ4v) is 2.46. The van der Waals surface area contributed by atoms with Crippen molar-refractivity contribution < 1.29 is 19.3 Å². The van der Waals surface area contributed by atoms with Gasteiger partial charge in [-0.25, -0.2) is 0 Å². The molecule has 0 aliphatic rings. The quantitative estimate of drug-likeness (QED) is 0.747. The Morgan fingerprint density at radius 1 is 1.00 bits per heavy atom. The highest BCUT2D eigenvalue weighted by Crippen LogP contribution is 2.38. The van der Waals surface area contributed by atoms with E-state index in [1.807, 2.05) is 37.3 Å². The Hall–Kier alpha value is -1.95. The van der Waals surface area contributed by atoms with Crippen molar-refractivity contribution in [3.05, 3.63) is 53.6 Å². The zero-order valence-corrected chi connectivity index (χ0v) is 15.6. The molecule has 0 saturated heterocycles. The molecule has 0 amide bonds. The van der Waals surface area contributed by atoms with Gasteiger partial charge in [-0.1, -0.05) is 37.3 Å². The van der Waals surface area contributed by atoms with Crippen LogP contribution >= 0.6 is 12.4 Å². The minimum absolute atomic E-state index is 0. The van der Waals surface area contributed by atoms with Gasteiger partial charge in [0.15, 0.2) is 11.5 Å². The SMILES string of the molecule is CC[C@H](O)[C@H](N)c1cc(OC)c(OC)cc1OCc1ccccc1.Cl. The third-order valence-corrected chi connectivity index (χ3v) is 3.95. The molecule has 0 unspecified atom stereocenters. The van der Waals surface area contributed by atoms with Crippen LogP contribution in [0, 0.1) is 0 Å². The summed E-state index contributed by atoms with van der Waals surface area (Å²) >= 11 is 0. The maximum atomic E-state index is 10.1. The van der Waals surface area contributed by atoms with Crippen molar-refractivity contribution in [2.24, 2.45) is 5.73 Å². The van der Waals surface area contributed by atoms with Crippen LogP contribution in [0.1, 0.15) is 30.5 Å². The topological polar surface area (TPSA) is 73.9 Å². The Bertz CT molecular complexity index is 651.